The average molecular weight is 223 g/mol. The van der Waals surface area contributed by atoms with E-state index in [1.807, 2.05) is 18.3 Å². The Labute approximate surface area is 89.8 Å². The quantitative estimate of drug-likeness (QED) is 0.738. The number of nitrogens with one attached hydrogen (secondary N) is 2. The molecule has 2 heterocycles. The summed E-state index contributed by atoms with van der Waals surface area (Å²) >= 11 is 1.13. The summed E-state index contributed by atoms with van der Waals surface area (Å²) in [7, 11) is 0. The molecule has 0 aromatic carbocycles. The molecule has 0 unspecified atom stereocenters. The molecule has 3 N–H and O–H groups in total. The Morgan fingerprint density at radius 2 is 2.53 bits per heavy atom. The Balaban J connectivity index is 1.96. The molecule has 0 spiro atoms. The molecule has 5 nitrogen and oxygen atoms in total. The molecule has 0 aliphatic heterocycles. The maximum Gasteiger partial charge on any atom is 0.347 e. The number of rotatable bonds is 4. The Morgan fingerprint density at radius 3 is 3.13 bits per heavy atom. The predicted molar refractivity (Wildman–Crippen MR) is 57.2 cm³/mol. The molecule has 0 aliphatic rings. The minimum atomic E-state index is -0.944. The van der Waals surface area contributed by atoms with Crippen LogP contribution in [0.3, 0.4) is 0 Å². The summed E-state index contributed by atoms with van der Waals surface area (Å²) in [6.45, 7) is 0.611. The maximum absolute atomic E-state index is 10.6. The molecule has 0 amide bonds. The molecule has 2 rings (SSSR count). The van der Waals surface area contributed by atoms with Crippen LogP contribution in [0.1, 0.15) is 15.4 Å². The number of carboxylic acids is 1. The van der Waals surface area contributed by atoms with E-state index in [-0.39, 0.29) is 4.88 Å². The Morgan fingerprint density at radius 1 is 1.67 bits per heavy atom. The zero-order valence-corrected chi connectivity index (χ0v) is 8.54. The van der Waals surface area contributed by atoms with E-state index in [0.29, 0.717) is 11.7 Å². The van der Waals surface area contributed by atoms with Gasteiger partial charge < -0.3 is 15.4 Å². The number of nitrogens with zero attached hydrogens (tertiary/aromatic N) is 1. The number of carbonyl (C=O) groups is 1. The molecule has 0 radical (unpaired) electrons. The molecule has 2 aromatic rings. The van der Waals surface area contributed by atoms with Crippen LogP contribution >= 0.6 is 11.3 Å². The number of hydrogen-bond acceptors (Lipinski definition) is 4. The molecule has 0 aliphatic carbocycles. The topological polar surface area (TPSA) is 78.0 Å². The van der Waals surface area contributed by atoms with Gasteiger partial charge in [-0.1, -0.05) is 11.3 Å². The first-order valence-corrected chi connectivity index (χ1v) is 5.12. The summed E-state index contributed by atoms with van der Waals surface area (Å²) in [4.78, 5) is 17.8. The van der Waals surface area contributed by atoms with Crippen molar-refractivity contribution in [2.75, 3.05) is 5.32 Å². The molecule has 0 bridgehead atoms. The molecule has 6 heteroatoms. The van der Waals surface area contributed by atoms with Crippen molar-refractivity contribution in [2.45, 2.75) is 6.54 Å². The van der Waals surface area contributed by atoms with E-state index < -0.39 is 5.97 Å². The van der Waals surface area contributed by atoms with Gasteiger partial charge in [0, 0.05) is 11.9 Å². The summed E-state index contributed by atoms with van der Waals surface area (Å²) < 4.78 is 0. The monoisotopic (exact) mass is 223 g/mol. The van der Waals surface area contributed by atoms with Crippen LogP contribution in [0.5, 0.6) is 0 Å². The van der Waals surface area contributed by atoms with Crippen LogP contribution in [-0.4, -0.2) is 21.0 Å². The number of thiazole rings is 1. The van der Waals surface area contributed by atoms with Gasteiger partial charge in [0.25, 0.3) is 0 Å². The van der Waals surface area contributed by atoms with Gasteiger partial charge in [0.1, 0.15) is 4.88 Å². The number of H-pyrrole nitrogens is 1. The lowest BCUT2D eigenvalue weighted by atomic mass is 10.4. The fourth-order valence-corrected chi connectivity index (χ4v) is 1.75. The first kappa shape index (κ1) is 9.72. The molecule has 78 valence electrons. The largest absolute Gasteiger partial charge is 0.477 e. The zero-order valence-electron chi connectivity index (χ0n) is 7.73. The van der Waals surface area contributed by atoms with Gasteiger partial charge >= 0.3 is 5.97 Å². The van der Waals surface area contributed by atoms with Gasteiger partial charge in [-0.05, 0) is 12.1 Å². The summed E-state index contributed by atoms with van der Waals surface area (Å²) in [5.74, 6) is -0.944. The average Bonchev–Trinajstić information content (AvgIpc) is 2.86. The van der Waals surface area contributed by atoms with E-state index in [2.05, 4.69) is 15.3 Å². The Bertz CT molecular complexity index is 450. The van der Waals surface area contributed by atoms with E-state index >= 15 is 0 Å². The number of anilines is 1. The number of aromatic carboxylic acids is 1. The van der Waals surface area contributed by atoms with Crippen molar-refractivity contribution in [3.63, 3.8) is 0 Å². The molecular weight excluding hydrogens is 214 g/mol. The van der Waals surface area contributed by atoms with Crippen LogP contribution in [0, 0.1) is 0 Å². The SMILES string of the molecule is O=C(O)c1cnc(NCc2ccc[nH]2)s1. The van der Waals surface area contributed by atoms with Crippen LogP contribution in [0.15, 0.2) is 24.5 Å². The lowest BCUT2D eigenvalue weighted by Gasteiger charge is -1.98. The van der Waals surface area contributed by atoms with E-state index in [1.54, 1.807) is 0 Å². The first-order chi connectivity index (χ1) is 7.25. The second kappa shape index (κ2) is 4.14. The third-order valence-electron chi connectivity index (χ3n) is 1.81. The second-order valence-electron chi connectivity index (χ2n) is 2.88. The highest BCUT2D eigenvalue weighted by molar-refractivity contribution is 7.17. The summed E-state index contributed by atoms with van der Waals surface area (Å²) in [5, 5.41) is 12.3. The minimum absolute atomic E-state index is 0.240. The standard InChI is InChI=1S/C9H9N3O2S/c13-8(14)7-5-12-9(15-7)11-4-6-2-1-3-10-6/h1-3,5,10H,4H2,(H,11,12)(H,13,14). The van der Waals surface area contributed by atoms with Crippen molar-refractivity contribution in [1.29, 1.82) is 0 Å². The molecular formula is C9H9N3O2S. The van der Waals surface area contributed by atoms with Crippen molar-refractivity contribution in [3.8, 4) is 0 Å². The van der Waals surface area contributed by atoms with Crippen molar-refractivity contribution >= 4 is 22.4 Å². The Hall–Kier alpha value is -1.82. The fourth-order valence-electron chi connectivity index (χ4n) is 1.10. The lowest BCUT2D eigenvalue weighted by molar-refractivity contribution is 0.0702. The van der Waals surface area contributed by atoms with Crippen LogP contribution in [0.4, 0.5) is 5.13 Å². The third kappa shape index (κ3) is 2.35. The molecule has 15 heavy (non-hydrogen) atoms. The van der Waals surface area contributed by atoms with Crippen LogP contribution in [0.25, 0.3) is 0 Å². The fraction of sp³-hybridized carbons (Fsp3) is 0.111. The van der Waals surface area contributed by atoms with Crippen molar-refractivity contribution in [2.24, 2.45) is 0 Å². The van der Waals surface area contributed by atoms with Gasteiger partial charge in [-0.15, -0.1) is 0 Å². The zero-order chi connectivity index (χ0) is 10.7. The van der Waals surface area contributed by atoms with E-state index in [4.69, 9.17) is 5.11 Å². The first-order valence-electron chi connectivity index (χ1n) is 4.31. The highest BCUT2D eigenvalue weighted by Crippen LogP contribution is 2.18. The number of aromatic amines is 1. The molecule has 0 atom stereocenters. The summed E-state index contributed by atoms with van der Waals surface area (Å²) in [5.41, 5.74) is 1.03. The third-order valence-corrected chi connectivity index (χ3v) is 2.75. The minimum Gasteiger partial charge on any atom is -0.477 e. The van der Waals surface area contributed by atoms with Crippen molar-refractivity contribution < 1.29 is 9.90 Å². The van der Waals surface area contributed by atoms with Crippen LogP contribution in [0.2, 0.25) is 0 Å². The van der Waals surface area contributed by atoms with Crippen molar-refractivity contribution in [3.05, 3.63) is 35.1 Å². The number of hydrogen-bond donors (Lipinski definition) is 3. The van der Waals surface area contributed by atoms with Gasteiger partial charge in [0.2, 0.25) is 0 Å². The highest BCUT2D eigenvalue weighted by Gasteiger charge is 2.07. The lowest BCUT2D eigenvalue weighted by Crippen LogP contribution is -1.98. The van der Waals surface area contributed by atoms with Crippen LogP contribution < -0.4 is 5.32 Å². The number of aromatic nitrogens is 2. The van der Waals surface area contributed by atoms with Crippen molar-refractivity contribution in [1.82, 2.24) is 9.97 Å². The van der Waals surface area contributed by atoms with Gasteiger partial charge in [0.15, 0.2) is 5.13 Å². The van der Waals surface area contributed by atoms with Gasteiger partial charge in [-0.2, -0.15) is 0 Å². The maximum atomic E-state index is 10.6. The normalized spacial score (nSPS) is 10.1. The molecule has 0 saturated carbocycles. The molecule has 0 fully saturated rings. The highest BCUT2D eigenvalue weighted by atomic mass is 32.1. The predicted octanol–water partition coefficient (Wildman–Crippen LogP) is 1.78. The smallest absolute Gasteiger partial charge is 0.347 e. The van der Waals surface area contributed by atoms with E-state index in [9.17, 15) is 4.79 Å². The van der Waals surface area contributed by atoms with E-state index in [0.717, 1.165) is 17.0 Å². The van der Waals surface area contributed by atoms with Gasteiger partial charge in [0.05, 0.1) is 12.7 Å². The van der Waals surface area contributed by atoms with Gasteiger partial charge in [-0.3, -0.25) is 0 Å². The van der Waals surface area contributed by atoms with Crippen LogP contribution in [-0.2, 0) is 6.54 Å². The molecule has 0 saturated heterocycles. The second-order valence-corrected chi connectivity index (χ2v) is 3.91. The van der Waals surface area contributed by atoms with Gasteiger partial charge in [-0.25, -0.2) is 9.78 Å². The number of carboxylic acid groups (broad SMARTS) is 1. The Kier molecular flexibility index (Phi) is 2.68. The summed E-state index contributed by atoms with van der Waals surface area (Å²) in [6.07, 6.45) is 3.19. The van der Waals surface area contributed by atoms with E-state index in [1.165, 1.54) is 6.20 Å². The summed E-state index contributed by atoms with van der Waals surface area (Å²) in [6, 6.07) is 3.85. The molecule has 2 aromatic heterocycles.